The van der Waals surface area contributed by atoms with Crippen molar-refractivity contribution in [2.75, 3.05) is 12.0 Å². The molecule has 0 saturated carbocycles. The van der Waals surface area contributed by atoms with Gasteiger partial charge in [0.25, 0.3) is 0 Å². The van der Waals surface area contributed by atoms with Crippen molar-refractivity contribution in [2.45, 2.75) is 105 Å². The second-order valence-corrected chi connectivity index (χ2v) is 10.2. The van der Waals surface area contributed by atoms with Gasteiger partial charge in [0, 0.05) is 17.8 Å². The zero-order valence-electron chi connectivity index (χ0n) is 24.4. The standard InChI is InChI=1S/C13H19ClFNS.C13H18F3N.2C2H6/c1-9-6-10(7-12(14)13(9)15)4-3-5-11(16)8-17-2;1-9-6-7-12(13(14,15)16)11(8-9)5-3-4-10(2)17;2*1-2/h6-7,11H,3-5,8,16H2,1-2H3;6-8,10H,3-5,17H2,1-2H3;2*1-2H3. The number of hydrogen-bond acceptors (Lipinski definition) is 3. The molecule has 0 aliphatic heterocycles. The third-order valence-electron chi connectivity index (χ3n) is 5.36. The van der Waals surface area contributed by atoms with Crippen LogP contribution in [0.15, 0.2) is 30.3 Å². The minimum absolute atomic E-state index is 0.0362. The molecule has 2 atom stereocenters. The third kappa shape index (κ3) is 16.6. The number of halogens is 5. The normalized spacial score (nSPS) is 12.2. The molecule has 0 spiro atoms. The number of thioether (sulfide) groups is 1. The SMILES string of the molecule is CC.CC.CSCC(N)CCCc1cc(C)c(F)c(Cl)c1.Cc1ccc(C(F)(F)F)c(CCCC(C)N)c1. The summed E-state index contributed by atoms with van der Waals surface area (Å²) in [4.78, 5) is 0. The van der Waals surface area contributed by atoms with Gasteiger partial charge in [0.15, 0.2) is 0 Å². The van der Waals surface area contributed by atoms with Crippen LogP contribution < -0.4 is 11.5 Å². The lowest BCUT2D eigenvalue weighted by molar-refractivity contribution is -0.138. The van der Waals surface area contributed by atoms with Gasteiger partial charge in [-0.2, -0.15) is 24.9 Å². The molecule has 2 aromatic carbocycles. The number of alkyl halides is 3. The molecule has 0 radical (unpaired) electrons. The van der Waals surface area contributed by atoms with Crippen molar-refractivity contribution in [3.8, 4) is 0 Å². The van der Waals surface area contributed by atoms with E-state index >= 15 is 0 Å². The molecule has 220 valence electrons. The fraction of sp³-hybridized carbons (Fsp3) is 0.600. The van der Waals surface area contributed by atoms with E-state index in [1.807, 2.05) is 40.7 Å². The fourth-order valence-corrected chi connectivity index (χ4v) is 4.51. The van der Waals surface area contributed by atoms with Gasteiger partial charge in [-0.25, -0.2) is 4.39 Å². The Hall–Kier alpha value is -1.28. The summed E-state index contributed by atoms with van der Waals surface area (Å²) in [6.07, 6.45) is 2.56. The highest BCUT2D eigenvalue weighted by Crippen LogP contribution is 2.33. The Labute approximate surface area is 238 Å². The Morgan fingerprint density at radius 1 is 0.921 bits per heavy atom. The minimum Gasteiger partial charge on any atom is -0.328 e. The van der Waals surface area contributed by atoms with Crippen molar-refractivity contribution in [3.63, 3.8) is 0 Å². The lowest BCUT2D eigenvalue weighted by Gasteiger charge is -2.14. The van der Waals surface area contributed by atoms with Crippen LogP contribution in [0.5, 0.6) is 0 Å². The molecule has 38 heavy (non-hydrogen) atoms. The van der Waals surface area contributed by atoms with Crippen molar-refractivity contribution >= 4 is 23.4 Å². The van der Waals surface area contributed by atoms with Crippen LogP contribution in [-0.2, 0) is 19.0 Å². The lowest BCUT2D eigenvalue weighted by atomic mass is 9.98. The summed E-state index contributed by atoms with van der Waals surface area (Å²) in [5, 5.41) is 0.216. The predicted molar refractivity (Wildman–Crippen MR) is 161 cm³/mol. The van der Waals surface area contributed by atoms with E-state index in [9.17, 15) is 17.6 Å². The Balaban J connectivity index is 0. The van der Waals surface area contributed by atoms with Gasteiger partial charge in [-0.3, -0.25) is 0 Å². The molecular formula is C30H49ClF4N2S. The van der Waals surface area contributed by atoms with Crippen molar-refractivity contribution in [1.29, 1.82) is 0 Å². The first-order chi connectivity index (χ1) is 17.8. The molecule has 0 aromatic heterocycles. The van der Waals surface area contributed by atoms with Gasteiger partial charge in [0.05, 0.1) is 10.6 Å². The average Bonchev–Trinajstić information content (AvgIpc) is 2.84. The largest absolute Gasteiger partial charge is 0.416 e. The Kier molecular flexibility index (Phi) is 22.0. The molecule has 2 unspecified atom stereocenters. The first-order valence-electron chi connectivity index (χ1n) is 13.5. The summed E-state index contributed by atoms with van der Waals surface area (Å²) in [6.45, 7) is 13.4. The summed E-state index contributed by atoms with van der Waals surface area (Å²) in [7, 11) is 0. The van der Waals surface area contributed by atoms with Crippen LogP contribution in [0, 0.1) is 19.7 Å². The van der Waals surface area contributed by atoms with Gasteiger partial charge in [0.1, 0.15) is 5.82 Å². The summed E-state index contributed by atoms with van der Waals surface area (Å²) >= 11 is 7.57. The molecule has 0 saturated heterocycles. The zero-order valence-corrected chi connectivity index (χ0v) is 26.0. The van der Waals surface area contributed by atoms with Gasteiger partial charge in [-0.05, 0) is 94.4 Å². The van der Waals surface area contributed by atoms with E-state index in [1.165, 1.54) is 6.07 Å². The van der Waals surface area contributed by atoms with Crippen molar-refractivity contribution in [3.05, 3.63) is 69.0 Å². The van der Waals surface area contributed by atoms with E-state index in [0.29, 0.717) is 24.0 Å². The van der Waals surface area contributed by atoms with Gasteiger partial charge in [0.2, 0.25) is 0 Å². The minimum atomic E-state index is -4.27. The van der Waals surface area contributed by atoms with Crippen LogP contribution in [0.1, 0.15) is 88.1 Å². The van der Waals surface area contributed by atoms with Crippen LogP contribution in [0.4, 0.5) is 17.6 Å². The maximum absolute atomic E-state index is 13.3. The van der Waals surface area contributed by atoms with Gasteiger partial charge >= 0.3 is 6.18 Å². The zero-order chi connectivity index (χ0) is 29.9. The quantitative estimate of drug-likeness (QED) is 0.275. The van der Waals surface area contributed by atoms with Crippen LogP contribution in [0.2, 0.25) is 5.02 Å². The Morgan fingerprint density at radius 2 is 1.50 bits per heavy atom. The molecule has 0 amide bonds. The first kappa shape index (κ1) is 38.9. The topological polar surface area (TPSA) is 52.0 Å². The second kappa shape index (κ2) is 21.5. The fourth-order valence-electron chi connectivity index (χ4n) is 3.63. The van der Waals surface area contributed by atoms with Crippen LogP contribution in [0.3, 0.4) is 0 Å². The monoisotopic (exact) mass is 580 g/mol. The molecule has 2 nitrogen and oxygen atoms in total. The molecule has 0 fully saturated rings. The van der Waals surface area contributed by atoms with E-state index < -0.39 is 11.7 Å². The number of benzene rings is 2. The average molecular weight is 581 g/mol. The molecule has 0 aliphatic rings. The number of rotatable bonds is 10. The van der Waals surface area contributed by atoms with Crippen molar-refractivity contribution in [2.24, 2.45) is 11.5 Å². The van der Waals surface area contributed by atoms with Crippen molar-refractivity contribution in [1.82, 2.24) is 0 Å². The highest BCUT2D eigenvalue weighted by molar-refractivity contribution is 7.98. The molecular weight excluding hydrogens is 532 g/mol. The number of nitrogens with two attached hydrogens (primary N) is 2. The molecule has 0 bridgehead atoms. The van der Waals surface area contributed by atoms with E-state index in [4.69, 9.17) is 23.1 Å². The summed E-state index contributed by atoms with van der Waals surface area (Å²) in [5.41, 5.74) is 13.9. The van der Waals surface area contributed by atoms with Crippen LogP contribution in [0.25, 0.3) is 0 Å². The van der Waals surface area contributed by atoms with E-state index in [2.05, 4.69) is 6.26 Å². The number of aryl methyl sites for hydroxylation is 4. The summed E-state index contributed by atoms with van der Waals surface area (Å²) in [6, 6.07) is 8.14. The number of hydrogen-bond donors (Lipinski definition) is 2. The van der Waals surface area contributed by atoms with Crippen LogP contribution in [-0.4, -0.2) is 24.1 Å². The van der Waals surface area contributed by atoms with Crippen LogP contribution >= 0.6 is 23.4 Å². The predicted octanol–water partition coefficient (Wildman–Crippen LogP) is 9.54. The lowest BCUT2D eigenvalue weighted by Crippen LogP contribution is -2.22. The molecule has 8 heteroatoms. The third-order valence-corrected chi connectivity index (χ3v) is 6.40. The molecule has 4 N–H and O–H groups in total. The summed E-state index contributed by atoms with van der Waals surface area (Å²) in [5.74, 6) is 0.679. The Morgan fingerprint density at radius 3 is 2.00 bits per heavy atom. The molecule has 0 aliphatic carbocycles. The Bertz CT molecular complexity index is 866. The highest BCUT2D eigenvalue weighted by atomic mass is 35.5. The molecule has 2 rings (SSSR count). The first-order valence-corrected chi connectivity index (χ1v) is 15.2. The summed E-state index contributed by atoms with van der Waals surface area (Å²) < 4.78 is 51.5. The molecule has 2 aromatic rings. The van der Waals surface area contributed by atoms with E-state index in [-0.39, 0.29) is 22.9 Å². The van der Waals surface area contributed by atoms with Crippen molar-refractivity contribution < 1.29 is 17.6 Å². The van der Waals surface area contributed by atoms with E-state index in [1.54, 1.807) is 37.7 Å². The van der Waals surface area contributed by atoms with Gasteiger partial charge in [-0.1, -0.05) is 63.1 Å². The van der Waals surface area contributed by atoms with Gasteiger partial charge in [-0.15, -0.1) is 0 Å². The maximum atomic E-state index is 13.3. The smallest absolute Gasteiger partial charge is 0.328 e. The second-order valence-electron chi connectivity index (χ2n) is 8.84. The highest BCUT2D eigenvalue weighted by Gasteiger charge is 2.32. The molecule has 0 heterocycles. The maximum Gasteiger partial charge on any atom is 0.416 e. The van der Waals surface area contributed by atoms with Gasteiger partial charge < -0.3 is 11.5 Å². The van der Waals surface area contributed by atoms with E-state index in [0.717, 1.165) is 48.6 Å².